The van der Waals surface area contributed by atoms with E-state index in [4.69, 9.17) is 0 Å². The van der Waals surface area contributed by atoms with E-state index in [9.17, 15) is 0 Å². The Balaban J connectivity index is 3.95. The van der Waals surface area contributed by atoms with Gasteiger partial charge in [-0.1, -0.05) is 0 Å². The summed E-state index contributed by atoms with van der Waals surface area (Å²) in [7, 11) is 0. The minimum absolute atomic E-state index is 0.762. The zero-order valence-corrected chi connectivity index (χ0v) is 8.55. The highest BCUT2D eigenvalue weighted by Gasteiger charge is 1.86. The second-order valence-corrected chi connectivity index (χ2v) is 3.36. The van der Waals surface area contributed by atoms with Crippen LogP contribution < -0.4 is 0 Å². The van der Waals surface area contributed by atoms with Crippen LogP contribution in [0.5, 0.6) is 0 Å². The molecule has 0 saturated heterocycles. The van der Waals surface area contributed by atoms with Crippen molar-refractivity contribution < 1.29 is 0 Å². The van der Waals surface area contributed by atoms with Crippen LogP contribution in [0.15, 0.2) is 15.0 Å². The molecule has 9 heavy (non-hydrogen) atoms. The summed E-state index contributed by atoms with van der Waals surface area (Å²) in [6.45, 7) is 1.95. The smallest absolute Gasteiger partial charge is 0.113 e. The summed E-state index contributed by atoms with van der Waals surface area (Å²) in [6.07, 6.45) is 1.98. The van der Waals surface area contributed by atoms with Gasteiger partial charge in [0.05, 0.1) is 5.04 Å². The third kappa shape index (κ3) is 5.06. The number of thioether (sulfide) groups is 1. The monoisotopic (exact) mass is 225 g/mol. The van der Waals surface area contributed by atoms with Crippen LogP contribution in [-0.2, 0) is 0 Å². The highest BCUT2D eigenvalue weighted by Crippen LogP contribution is 2.10. The molecule has 0 bridgehead atoms. The first kappa shape index (κ1) is 9.59. The van der Waals surface area contributed by atoms with Gasteiger partial charge < -0.3 is 0 Å². The minimum Gasteiger partial charge on any atom is -0.239 e. The van der Waals surface area contributed by atoms with E-state index < -0.39 is 0 Å². The Morgan fingerprint density at radius 1 is 1.78 bits per heavy atom. The van der Waals surface area contributed by atoms with Crippen LogP contribution in [-0.4, -0.2) is 11.3 Å². The number of hydrogen-bond donors (Lipinski definition) is 1. The van der Waals surface area contributed by atoms with Crippen molar-refractivity contribution in [1.29, 1.82) is 0 Å². The van der Waals surface area contributed by atoms with Crippen molar-refractivity contribution in [3.63, 3.8) is 0 Å². The predicted octanol–water partition coefficient (Wildman–Crippen LogP) is 2.89. The number of aliphatic imine (C=N–C) groups is 1. The number of nitrogens with zero attached hydrogens (tertiary/aromatic N) is 1. The molecule has 0 aliphatic heterocycles. The first-order valence-corrected chi connectivity index (χ1v) is 4.83. The van der Waals surface area contributed by atoms with Crippen LogP contribution in [0.1, 0.15) is 6.92 Å². The maximum absolute atomic E-state index is 4.09. The summed E-state index contributed by atoms with van der Waals surface area (Å²) >= 11 is 8.72. The SMILES string of the molecule is CSC(C)=N/C(Br)=C\S. The van der Waals surface area contributed by atoms with Gasteiger partial charge in [-0.3, -0.25) is 0 Å². The normalized spacial score (nSPS) is 14.2. The summed E-state index contributed by atoms with van der Waals surface area (Å²) in [5.74, 6) is 0. The summed E-state index contributed by atoms with van der Waals surface area (Å²) in [6, 6.07) is 0. The molecule has 0 amide bonds. The number of thiol groups is 1. The number of hydrogen-bond acceptors (Lipinski definition) is 3. The molecule has 0 unspecified atom stereocenters. The molecule has 0 rings (SSSR count). The average Bonchev–Trinajstić information content (AvgIpc) is 1.87. The van der Waals surface area contributed by atoms with Gasteiger partial charge in [0.25, 0.3) is 0 Å². The molecule has 0 aliphatic carbocycles. The van der Waals surface area contributed by atoms with Crippen molar-refractivity contribution in [3.8, 4) is 0 Å². The first-order valence-electron chi connectivity index (χ1n) is 2.30. The molecule has 0 aromatic rings. The third-order valence-corrected chi connectivity index (χ3v) is 2.35. The molecule has 0 atom stereocenters. The highest BCUT2D eigenvalue weighted by atomic mass is 79.9. The summed E-state index contributed by atoms with van der Waals surface area (Å²) < 4.78 is 0.762. The van der Waals surface area contributed by atoms with E-state index in [2.05, 4.69) is 33.6 Å². The molecule has 0 aromatic carbocycles. The van der Waals surface area contributed by atoms with Gasteiger partial charge in [-0.05, 0) is 29.1 Å². The fraction of sp³-hybridized carbons (Fsp3) is 0.400. The number of rotatable bonds is 1. The second kappa shape index (κ2) is 5.38. The van der Waals surface area contributed by atoms with E-state index in [1.165, 1.54) is 0 Å². The van der Waals surface area contributed by atoms with Crippen LogP contribution in [0, 0.1) is 0 Å². The van der Waals surface area contributed by atoms with Crippen molar-refractivity contribution in [2.24, 2.45) is 4.99 Å². The van der Waals surface area contributed by atoms with Crippen LogP contribution >= 0.6 is 40.3 Å². The van der Waals surface area contributed by atoms with Crippen molar-refractivity contribution in [2.75, 3.05) is 6.26 Å². The lowest BCUT2D eigenvalue weighted by atomic mass is 10.8. The van der Waals surface area contributed by atoms with Gasteiger partial charge in [-0.2, -0.15) is 0 Å². The quantitative estimate of drug-likeness (QED) is 0.314. The lowest BCUT2D eigenvalue weighted by molar-refractivity contribution is 1.55. The molecule has 4 heteroatoms. The maximum atomic E-state index is 4.09. The Kier molecular flexibility index (Phi) is 5.73. The van der Waals surface area contributed by atoms with E-state index in [1.807, 2.05) is 13.2 Å². The molecule has 0 fully saturated rings. The standard InChI is InChI=1S/C5H8BrNS2/c1-4(9-2)7-5(6)3-8/h3,8H,1-2H3/b5-3-,7-4?. The average molecular weight is 226 g/mol. The van der Waals surface area contributed by atoms with Crippen LogP contribution in [0.4, 0.5) is 0 Å². The van der Waals surface area contributed by atoms with Crippen molar-refractivity contribution in [3.05, 3.63) is 10.0 Å². The van der Waals surface area contributed by atoms with Gasteiger partial charge in [0.15, 0.2) is 0 Å². The fourth-order valence-corrected chi connectivity index (χ4v) is 0.856. The second-order valence-electron chi connectivity index (χ2n) is 1.29. The van der Waals surface area contributed by atoms with Crippen molar-refractivity contribution >= 4 is 45.4 Å². The lowest BCUT2D eigenvalue weighted by Gasteiger charge is -1.90. The Bertz CT molecular complexity index is 142. The molecule has 0 spiro atoms. The summed E-state index contributed by atoms with van der Waals surface area (Å²) in [5.41, 5.74) is 0. The Labute approximate surface area is 73.6 Å². The molecule has 0 saturated carbocycles. The van der Waals surface area contributed by atoms with E-state index in [-0.39, 0.29) is 0 Å². The van der Waals surface area contributed by atoms with Crippen LogP contribution in [0.2, 0.25) is 0 Å². The molecule has 0 N–H and O–H groups in total. The van der Waals surface area contributed by atoms with Gasteiger partial charge in [0.2, 0.25) is 0 Å². The maximum Gasteiger partial charge on any atom is 0.113 e. The molecule has 1 nitrogen and oxygen atoms in total. The summed E-state index contributed by atoms with van der Waals surface area (Å²) in [5, 5.41) is 2.63. The van der Waals surface area contributed by atoms with E-state index in [0.29, 0.717) is 0 Å². The van der Waals surface area contributed by atoms with Crippen LogP contribution in [0.3, 0.4) is 0 Å². The molecular formula is C5H8BrNS2. The Hall–Kier alpha value is 0.590. The largest absolute Gasteiger partial charge is 0.239 e. The zero-order valence-electron chi connectivity index (χ0n) is 5.26. The van der Waals surface area contributed by atoms with E-state index in [1.54, 1.807) is 17.2 Å². The Morgan fingerprint density at radius 2 is 2.33 bits per heavy atom. The highest BCUT2D eigenvalue weighted by molar-refractivity contribution is 9.11. The van der Waals surface area contributed by atoms with E-state index in [0.717, 1.165) is 9.65 Å². The van der Waals surface area contributed by atoms with Gasteiger partial charge in [0.1, 0.15) is 4.61 Å². The Morgan fingerprint density at radius 3 is 2.67 bits per heavy atom. The first-order chi connectivity index (χ1) is 4.20. The molecule has 52 valence electrons. The molecule has 0 radical (unpaired) electrons. The topological polar surface area (TPSA) is 12.4 Å². The molecular weight excluding hydrogens is 218 g/mol. The fourth-order valence-electron chi connectivity index (χ4n) is 0.225. The number of halogens is 1. The molecule has 0 aliphatic rings. The lowest BCUT2D eigenvalue weighted by Crippen LogP contribution is -1.78. The van der Waals surface area contributed by atoms with Crippen molar-refractivity contribution in [2.45, 2.75) is 6.92 Å². The van der Waals surface area contributed by atoms with Gasteiger partial charge in [-0.15, -0.1) is 24.4 Å². The summed E-state index contributed by atoms with van der Waals surface area (Å²) in [4.78, 5) is 4.09. The third-order valence-electron chi connectivity index (χ3n) is 0.666. The van der Waals surface area contributed by atoms with Gasteiger partial charge in [0, 0.05) is 5.41 Å². The van der Waals surface area contributed by atoms with Gasteiger partial charge >= 0.3 is 0 Å². The predicted molar refractivity (Wildman–Crippen MR) is 52.6 cm³/mol. The molecule has 0 aromatic heterocycles. The van der Waals surface area contributed by atoms with Crippen molar-refractivity contribution in [1.82, 2.24) is 0 Å². The molecule has 0 heterocycles. The van der Waals surface area contributed by atoms with Gasteiger partial charge in [-0.25, -0.2) is 4.99 Å². The van der Waals surface area contributed by atoms with Crippen LogP contribution in [0.25, 0.3) is 0 Å². The van der Waals surface area contributed by atoms with E-state index >= 15 is 0 Å². The zero-order chi connectivity index (χ0) is 7.28. The minimum atomic E-state index is 0.762.